The average molecular weight is 421 g/mol. The van der Waals surface area contributed by atoms with Crippen LogP contribution in [0.2, 0.25) is 0 Å². The van der Waals surface area contributed by atoms with E-state index in [1.807, 2.05) is 44.2 Å². The number of sulfonamides is 1. The van der Waals surface area contributed by atoms with Gasteiger partial charge in [0, 0.05) is 0 Å². The second-order valence-corrected chi connectivity index (χ2v) is 8.72. The number of carbonyl (C=O) groups excluding carboxylic acids is 1. The molecule has 1 N–H and O–H groups in total. The Balaban J connectivity index is 2.07. The molecule has 2 rings (SSSR count). The van der Waals surface area contributed by atoms with Crippen molar-refractivity contribution in [3.63, 3.8) is 0 Å². The molecule has 0 bridgehead atoms. The van der Waals surface area contributed by atoms with Crippen molar-refractivity contribution < 1.29 is 22.7 Å². The zero-order chi connectivity index (χ0) is 21.6. The molecule has 0 spiro atoms. The Kier molecular flexibility index (Phi) is 7.50. The number of ether oxygens (including phenoxy) is 2. The highest BCUT2D eigenvalue weighted by Crippen LogP contribution is 2.32. The lowest BCUT2D eigenvalue weighted by atomic mass is 10.2. The number of hydrogen-bond donors (Lipinski definition) is 1. The topological polar surface area (TPSA) is 84.9 Å². The molecule has 0 saturated carbocycles. The van der Waals surface area contributed by atoms with Crippen LogP contribution in [0.4, 0.5) is 5.69 Å². The zero-order valence-corrected chi connectivity index (χ0v) is 18.2. The number of benzene rings is 2. The fraction of sp³-hybridized carbons (Fsp3) is 0.381. The smallest absolute Gasteiger partial charge is 0.243 e. The van der Waals surface area contributed by atoms with E-state index in [1.165, 1.54) is 7.11 Å². The molecule has 1 unspecified atom stereocenters. The summed E-state index contributed by atoms with van der Waals surface area (Å²) in [5, 5.41) is 2.73. The predicted octanol–water partition coefficient (Wildman–Crippen LogP) is 2.66. The standard InChI is InChI=1S/C21H28N2O5S/c1-15-6-9-18(10-7-15)28-13-12-22-21(24)17(3)23(29(5,25)26)19-14-16(2)8-11-20(19)27-4/h6-11,14,17H,12-13H2,1-5H3,(H,22,24). The maximum absolute atomic E-state index is 12.6. The first kappa shape index (κ1) is 22.5. The normalized spacial score (nSPS) is 12.2. The zero-order valence-electron chi connectivity index (χ0n) is 17.4. The number of nitrogens with zero attached hydrogens (tertiary/aromatic N) is 1. The van der Waals surface area contributed by atoms with Gasteiger partial charge in [-0.15, -0.1) is 0 Å². The van der Waals surface area contributed by atoms with Crippen molar-refractivity contribution in [2.75, 3.05) is 30.8 Å². The maximum atomic E-state index is 12.6. The van der Waals surface area contributed by atoms with Crippen molar-refractivity contribution in [1.29, 1.82) is 0 Å². The minimum Gasteiger partial charge on any atom is -0.495 e. The third kappa shape index (κ3) is 6.12. The van der Waals surface area contributed by atoms with E-state index in [4.69, 9.17) is 9.47 Å². The van der Waals surface area contributed by atoms with Gasteiger partial charge in [-0.1, -0.05) is 23.8 Å². The molecule has 8 heteroatoms. The maximum Gasteiger partial charge on any atom is 0.243 e. The summed E-state index contributed by atoms with van der Waals surface area (Å²) in [6.07, 6.45) is 1.07. The monoisotopic (exact) mass is 420 g/mol. The van der Waals surface area contributed by atoms with Gasteiger partial charge in [-0.25, -0.2) is 8.42 Å². The third-order valence-electron chi connectivity index (χ3n) is 4.35. The van der Waals surface area contributed by atoms with E-state index in [-0.39, 0.29) is 13.2 Å². The molecule has 0 aromatic heterocycles. The Hall–Kier alpha value is -2.74. The Morgan fingerprint density at radius 2 is 1.72 bits per heavy atom. The number of carbonyl (C=O) groups is 1. The summed E-state index contributed by atoms with van der Waals surface area (Å²) in [6.45, 7) is 5.89. The number of aryl methyl sites for hydroxylation is 2. The van der Waals surface area contributed by atoms with Crippen LogP contribution in [0.15, 0.2) is 42.5 Å². The third-order valence-corrected chi connectivity index (χ3v) is 5.58. The number of anilines is 1. The van der Waals surface area contributed by atoms with Gasteiger partial charge in [0.2, 0.25) is 15.9 Å². The molecule has 1 amide bonds. The number of methoxy groups -OCH3 is 1. The molecule has 0 saturated heterocycles. The van der Waals surface area contributed by atoms with Crippen molar-refractivity contribution in [3.05, 3.63) is 53.6 Å². The lowest BCUT2D eigenvalue weighted by Gasteiger charge is -2.29. The van der Waals surface area contributed by atoms with E-state index < -0.39 is 22.0 Å². The highest BCUT2D eigenvalue weighted by atomic mass is 32.2. The van der Waals surface area contributed by atoms with Crippen LogP contribution in [-0.4, -0.2) is 46.9 Å². The fourth-order valence-corrected chi connectivity index (χ4v) is 4.05. The second-order valence-electron chi connectivity index (χ2n) is 6.86. The molecule has 7 nitrogen and oxygen atoms in total. The van der Waals surface area contributed by atoms with Crippen LogP contribution in [-0.2, 0) is 14.8 Å². The van der Waals surface area contributed by atoms with E-state index >= 15 is 0 Å². The summed E-state index contributed by atoms with van der Waals surface area (Å²) < 4.78 is 36.9. The SMILES string of the molecule is COc1ccc(C)cc1N(C(C)C(=O)NCCOc1ccc(C)cc1)S(C)(=O)=O. The van der Waals surface area contributed by atoms with Gasteiger partial charge in [0.25, 0.3) is 0 Å². The molecule has 29 heavy (non-hydrogen) atoms. The van der Waals surface area contributed by atoms with Gasteiger partial charge in [0.15, 0.2) is 0 Å². The summed E-state index contributed by atoms with van der Waals surface area (Å²) in [6, 6.07) is 11.8. The Morgan fingerprint density at radius 1 is 1.10 bits per heavy atom. The van der Waals surface area contributed by atoms with E-state index in [2.05, 4.69) is 5.32 Å². The lowest BCUT2D eigenvalue weighted by molar-refractivity contribution is -0.121. The number of nitrogens with one attached hydrogen (secondary N) is 1. The molecule has 0 aliphatic heterocycles. The van der Waals surface area contributed by atoms with E-state index in [9.17, 15) is 13.2 Å². The van der Waals surface area contributed by atoms with Crippen LogP contribution in [0.1, 0.15) is 18.1 Å². The van der Waals surface area contributed by atoms with Crippen LogP contribution in [0.3, 0.4) is 0 Å². The van der Waals surface area contributed by atoms with Crippen molar-refractivity contribution in [2.24, 2.45) is 0 Å². The second kappa shape index (κ2) is 9.65. The van der Waals surface area contributed by atoms with Gasteiger partial charge >= 0.3 is 0 Å². The number of hydrogen-bond acceptors (Lipinski definition) is 5. The molecular weight excluding hydrogens is 392 g/mol. The van der Waals surface area contributed by atoms with E-state index in [0.29, 0.717) is 17.2 Å². The van der Waals surface area contributed by atoms with Crippen molar-refractivity contribution in [3.8, 4) is 11.5 Å². The molecule has 0 fully saturated rings. The number of amides is 1. The Morgan fingerprint density at radius 3 is 2.31 bits per heavy atom. The highest BCUT2D eigenvalue weighted by Gasteiger charge is 2.31. The molecule has 0 heterocycles. The van der Waals surface area contributed by atoms with Crippen molar-refractivity contribution >= 4 is 21.6 Å². The summed E-state index contributed by atoms with van der Waals surface area (Å²) >= 11 is 0. The van der Waals surface area contributed by atoms with E-state index in [0.717, 1.165) is 21.7 Å². The minimum atomic E-state index is -3.73. The molecule has 2 aromatic rings. The van der Waals surface area contributed by atoms with Gasteiger partial charge in [0.05, 0.1) is 25.6 Å². The van der Waals surface area contributed by atoms with Gasteiger partial charge in [0.1, 0.15) is 24.1 Å². The quantitative estimate of drug-likeness (QED) is 0.631. The van der Waals surface area contributed by atoms with Crippen LogP contribution in [0.25, 0.3) is 0 Å². The average Bonchev–Trinajstić information content (AvgIpc) is 2.65. The van der Waals surface area contributed by atoms with Gasteiger partial charge in [-0.2, -0.15) is 0 Å². The summed E-state index contributed by atoms with van der Waals surface area (Å²) in [5.41, 5.74) is 2.31. The summed E-state index contributed by atoms with van der Waals surface area (Å²) in [4.78, 5) is 12.6. The molecule has 0 aliphatic carbocycles. The largest absolute Gasteiger partial charge is 0.495 e. The van der Waals surface area contributed by atoms with Crippen molar-refractivity contribution in [1.82, 2.24) is 5.32 Å². The molecule has 1 atom stereocenters. The molecule has 0 radical (unpaired) electrons. The number of rotatable bonds is 9. The highest BCUT2D eigenvalue weighted by molar-refractivity contribution is 7.92. The first-order valence-corrected chi connectivity index (χ1v) is 11.1. The summed E-state index contributed by atoms with van der Waals surface area (Å²) in [7, 11) is -2.27. The molecule has 158 valence electrons. The van der Waals surface area contributed by atoms with Gasteiger partial charge in [-0.05, 0) is 50.6 Å². The fourth-order valence-electron chi connectivity index (χ4n) is 2.88. The van der Waals surface area contributed by atoms with Crippen LogP contribution >= 0.6 is 0 Å². The lowest BCUT2D eigenvalue weighted by Crippen LogP contribution is -2.48. The van der Waals surface area contributed by atoms with Crippen molar-refractivity contribution in [2.45, 2.75) is 26.8 Å². The first-order valence-electron chi connectivity index (χ1n) is 9.24. The first-order chi connectivity index (χ1) is 13.6. The Bertz CT molecular complexity index is 942. The van der Waals surface area contributed by atoms with Crippen LogP contribution < -0.4 is 19.1 Å². The van der Waals surface area contributed by atoms with Crippen LogP contribution in [0.5, 0.6) is 11.5 Å². The van der Waals surface area contributed by atoms with Crippen LogP contribution in [0, 0.1) is 13.8 Å². The molecular formula is C21H28N2O5S. The molecule has 2 aromatic carbocycles. The summed E-state index contributed by atoms with van der Waals surface area (Å²) in [5.74, 6) is 0.662. The predicted molar refractivity (Wildman–Crippen MR) is 114 cm³/mol. The van der Waals surface area contributed by atoms with Gasteiger partial charge < -0.3 is 14.8 Å². The van der Waals surface area contributed by atoms with E-state index in [1.54, 1.807) is 19.1 Å². The van der Waals surface area contributed by atoms with Gasteiger partial charge in [-0.3, -0.25) is 9.10 Å². The molecule has 0 aliphatic rings. The minimum absolute atomic E-state index is 0.250. The Labute approximate surface area is 172 Å².